The van der Waals surface area contributed by atoms with Crippen molar-refractivity contribution in [3.05, 3.63) is 23.9 Å². The highest BCUT2D eigenvalue weighted by Crippen LogP contribution is 2.21. The van der Waals surface area contributed by atoms with Gasteiger partial charge in [-0.25, -0.2) is 4.98 Å². The first-order valence-electron chi connectivity index (χ1n) is 6.57. The van der Waals surface area contributed by atoms with E-state index in [0.29, 0.717) is 0 Å². The fourth-order valence-corrected chi connectivity index (χ4v) is 2.43. The minimum Gasteiger partial charge on any atom is -0.392 e. The van der Waals surface area contributed by atoms with Crippen LogP contribution in [0.4, 0.5) is 5.82 Å². The van der Waals surface area contributed by atoms with Gasteiger partial charge in [0.2, 0.25) is 0 Å². The van der Waals surface area contributed by atoms with Crippen LogP contribution >= 0.6 is 0 Å². The first-order chi connectivity index (χ1) is 8.52. The van der Waals surface area contributed by atoms with Gasteiger partial charge in [-0.15, -0.1) is 0 Å². The maximum absolute atomic E-state index is 9.35. The number of aromatic nitrogens is 1. The Kier molecular flexibility index (Phi) is 3.88. The molecule has 1 saturated heterocycles. The van der Waals surface area contributed by atoms with Crippen molar-refractivity contribution in [2.45, 2.75) is 32.9 Å². The van der Waals surface area contributed by atoms with E-state index in [1.165, 1.54) is 0 Å². The summed E-state index contributed by atoms with van der Waals surface area (Å²) in [4.78, 5) is 9.17. The first-order valence-corrected chi connectivity index (χ1v) is 6.57. The number of piperazine rings is 1. The summed E-state index contributed by atoms with van der Waals surface area (Å²) >= 11 is 0. The lowest BCUT2D eigenvalue weighted by atomic mass is 10.0. The number of aliphatic hydroxyl groups excluding tert-OH is 1. The molecule has 100 valence electrons. The Morgan fingerprint density at radius 3 is 2.44 bits per heavy atom. The van der Waals surface area contributed by atoms with E-state index in [1.807, 2.05) is 12.1 Å². The zero-order valence-corrected chi connectivity index (χ0v) is 11.6. The molecule has 0 aromatic carbocycles. The predicted molar refractivity (Wildman–Crippen MR) is 73.7 cm³/mol. The Hall–Kier alpha value is -1.13. The van der Waals surface area contributed by atoms with Gasteiger partial charge < -0.3 is 10.0 Å². The van der Waals surface area contributed by atoms with E-state index in [-0.39, 0.29) is 12.1 Å². The van der Waals surface area contributed by atoms with Crippen molar-refractivity contribution in [1.82, 2.24) is 9.88 Å². The van der Waals surface area contributed by atoms with Crippen LogP contribution < -0.4 is 4.90 Å². The highest BCUT2D eigenvalue weighted by atomic mass is 16.3. The van der Waals surface area contributed by atoms with Crippen molar-refractivity contribution in [2.24, 2.45) is 0 Å². The molecule has 18 heavy (non-hydrogen) atoms. The van der Waals surface area contributed by atoms with Gasteiger partial charge in [0.05, 0.1) is 6.61 Å². The maximum Gasteiger partial charge on any atom is 0.134 e. The van der Waals surface area contributed by atoms with Crippen molar-refractivity contribution in [3.63, 3.8) is 0 Å². The van der Waals surface area contributed by atoms with Crippen LogP contribution in [0.2, 0.25) is 0 Å². The van der Waals surface area contributed by atoms with E-state index >= 15 is 0 Å². The molecular formula is C14H23N3O. The van der Waals surface area contributed by atoms with E-state index in [1.54, 1.807) is 6.20 Å². The predicted octanol–water partition coefficient (Wildman–Crippen LogP) is 1.49. The Morgan fingerprint density at radius 1 is 1.22 bits per heavy atom. The molecule has 1 fully saturated rings. The Bertz CT molecular complexity index is 392. The van der Waals surface area contributed by atoms with Crippen molar-refractivity contribution >= 4 is 5.82 Å². The number of hydrogen-bond acceptors (Lipinski definition) is 4. The maximum atomic E-state index is 9.35. The molecular weight excluding hydrogens is 226 g/mol. The van der Waals surface area contributed by atoms with E-state index in [0.717, 1.165) is 37.6 Å². The van der Waals surface area contributed by atoms with Gasteiger partial charge in [0.15, 0.2) is 0 Å². The molecule has 0 atom stereocenters. The minimum atomic E-state index is 0.0582. The van der Waals surface area contributed by atoms with Crippen LogP contribution in [0.1, 0.15) is 26.3 Å². The second kappa shape index (κ2) is 5.24. The molecule has 0 spiro atoms. The van der Waals surface area contributed by atoms with Crippen LogP contribution in [0.15, 0.2) is 18.3 Å². The molecule has 1 aromatic heterocycles. The lowest BCUT2D eigenvalue weighted by Gasteiger charge is -2.42. The third kappa shape index (κ3) is 2.82. The minimum absolute atomic E-state index is 0.0582. The summed E-state index contributed by atoms with van der Waals surface area (Å²) in [6.45, 7) is 10.9. The second-order valence-corrected chi connectivity index (χ2v) is 5.79. The summed E-state index contributed by atoms with van der Waals surface area (Å²) < 4.78 is 0. The van der Waals surface area contributed by atoms with Crippen LogP contribution in [0.5, 0.6) is 0 Å². The van der Waals surface area contributed by atoms with Crippen molar-refractivity contribution in [1.29, 1.82) is 0 Å². The largest absolute Gasteiger partial charge is 0.392 e. The number of nitrogens with zero attached hydrogens (tertiary/aromatic N) is 3. The fraction of sp³-hybridized carbons (Fsp3) is 0.643. The monoisotopic (exact) mass is 249 g/mol. The summed E-state index contributed by atoms with van der Waals surface area (Å²) in [6.07, 6.45) is 1.80. The van der Waals surface area contributed by atoms with Gasteiger partial charge in [0.1, 0.15) is 5.82 Å². The van der Waals surface area contributed by atoms with Crippen molar-refractivity contribution < 1.29 is 5.11 Å². The average Bonchev–Trinajstić information content (AvgIpc) is 2.38. The van der Waals surface area contributed by atoms with Crippen LogP contribution in [0.25, 0.3) is 0 Å². The quantitative estimate of drug-likeness (QED) is 0.862. The first kappa shape index (κ1) is 13.3. The second-order valence-electron chi connectivity index (χ2n) is 5.79. The summed E-state index contributed by atoms with van der Waals surface area (Å²) in [5, 5.41) is 9.35. The molecule has 0 bridgehead atoms. The molecule has 1 aliphatic heterocycles. The van der Waals surface area contributed by atoms with E-state index in [2.05, 4.69) is 35.6 Å². The van der Waals surface area contributed by atoms with Gasteiger partial charge >= 0.3 is 0 Å². The molecule has 0 saturated carbocycles. The van der Waals surface area contributed by atoms with Crippen LogP contribution in [0, 0.1) is 0 Å². The molecule has 1 N–H and O–H groups in total. The zero-order chi connectivity index (χ0) is 13.2. The topological polar surface area (TPSA) is 39.6 Å². The number of anilines is 1. The summed E-state index contributed by atoms with van der Waals surface area (Å²) in [5.41, 5.74) is 1.15. The van der Waals surface area contributed by atoms with E-state index in [4.69, 9.17) is 0 Å². The number of aliphatic hydroxyl groups is 1. The van der Waals surface area contributed by atoms with Gasteiger partial charge in [-0.1, -0.05) is 6.07 Å². The fourth-order valence-electron chi connectivity index (χ4n) is 2.43. The Balaban J connectivity index is 2.06. The van der Waals surface area contributed by atoms with E-state index < -0.39 is 0 Å². The molecule has 2 rings (SSSR count). The van der Waals surface area contributed by atoms with Gasteiger partial charge in [-0.2, -0.15) is 0 Å². The Labute approximate surface area is 109 Å². The zero-order valence-electron chi connectivity index (χ0n) is 11.6. The van der Waals surface area contributed by atoms with Crippen LogP contribution in [-0.2, 0) is 6.61 Å². The lowest BCUT2D eigenvalue weighted by molar-refractivity contribution is 0.128. The Morgan fingerprint density at radius 2 is 1.89 bits per heavy atom. The molecule has 0 radical (unpaired) electrons. The number of rotatable bonds is 2. The molecule has 0 aliphatic carbocycles. The van der Waals surface area contributed by atoms with Crippen molar-refractivity contribution in [2.75, 3.05) is 31.1 Å². The molecule has 0 amide bonds. The third-order valence-electron chi connectivity index (χ3n) is 3.57. The van der Waals surface area contributed by atoms with Gasteiger partial charge in [0, 0.05) is 43.5 Å². The van der Waals surface area contributed by atoms with Gasteiger partial charge in [0.25, 0.3) is 0 Å². The highest BCUT2D eigenvalue weighted by Gasteiger charge is 2.26. The molecule has 2 heterocycles. The van der Waals surface area contributed by atoms with Crippen LogP contribution in [-0.4, -0.2) is 46.7 Å². The molecule has 4 nitrogen and oxygen atoms in total. The number of hydrogen-bond donors (Lipinski definition) is 1. The summed E-state index contributed by atoms with van der Waals surface area (Å²) in [5.74, 6) is 0.938. The standard InChI is InChI=1S/C14H23N3O/c1-14(2,3)17-9-7-16(8-10-17)13-12(11-18)5-4-6-15-13/h4-6,18H,7-11H2,1-3H3. The summed E-state index contributed by atoms with van der Waals surface area (Å²) in [6, 6.07) is 3.82. The summed E-state index contributed by atoms with van der Waals surface area (Å²) in [7, 11) is 0. The van der Waals surface area contributed by atoms with Gasteiger partial charge in [-0.05, 0) is 26.8 Å². The average molecular weight is 249 g/mol. The molecule has 4 heteroatoms. The molecule has 0 unspecified atom stereocenters. The SMILES string of the molecule is CC(C)(C)N1CCN(c2ncccc2CO)CC1. The van der Waals surface area contributed by atoms with Crippen LogP contribution in [0.3, 0.4) is 0 Å². The van der Waals surface area contributed by atoms with Crippen molar-refractivity contribution in [3.8, 4) is 0 Å². The lowest BCUT2D eigenvalue weighted by Crippen LogP contribution is -2.53. The highest BCUT2D eigenvalue weighted by molar-refractivity contribution is 5.46. The van der Waals surface area contributed by atoms with E-state index in [9.17, 15) is 5.11 Å². The molecule has 1 aliphatic rings. The normalized spacial score (nSPS) is 18.1. The molecule has 1 aromatic rings. The van der Waals surface area contributed by atoms with Gasteiger partial charge in [-0.3, -0.25) is 4.90 Å². The number of pyridine rings is 1. The third-order valence-corrected chi connectivity index (χ3v) is 3.57. The smallest absolute Gasteiger partial charge is 0.134 e.